The maximum atomic E-state index is 12.1. The lowest BCUT2D eigenvalue weighted by atomic mass is 10.1. The van der Waals surface area contributed by atoms with E-state index < -0.39 is 35.8 Å². The first kappa shape index (κ1) is 20.6. The third-order valence-electron chi connectivity index (χ3n) is 3.98. The summed E-state index contributed by atoms with van der Waals surface area (Å²) in [5.41, 5.74) is 1.34. The Morgan fingerprint density at radius 3 is 1.25 bits per heavy atom. The number of rotatable bonds is 8. The zero-order valence-corrected chi connectivity index (χ0v) is 14.9. The highest BCUT2D eigenvalue weighted by Crippen LogP contribution is 2.05. The van der Waals surface area contributed by atoms with Crippen LogP contribution in [0.4, 0.5) is 0 Å². The van der Waals surface area contributed by atoms with Crippen molar-refractivity contribution in [1.82, 2.24) is 10.6 Å². The summed E-state index contributed by atoms with van der Waals surface area (Å²) < 4.78 is 0. The van der Waals surface area contributed by atoms with Crippen LogP contribution in [0.2, 0.25) is 0 Å². The van der Waals surface area contributed by atoms with Crippen LogP contribution < -0.4 is 10.6 Å². The number of carboxylic acids is 2. The average Bonchev–Trinajstić information content (AvgIpc) is 2.68. The Kier molecular flexibility index (Phi) is 7.27. The highest BCUT2D eigenvalue weighted by molar-refractivity contribution is 6.35. The van der Waals surface area contributed by atoms with Gasteiger partial charge in [-0.25, -0.2) is 9.59 Å². The Morgan fingerprint density at radius 1 is 0.643 bits per heavy atom. The number of hydrogen-bond donors (Lipinski definition) is 4. The zero-order valence-electron chi connectivity index (χ0n) is 14.9. The molecule has 0 aromatic heterocycles. The molecule has 28 heavy (non-hydrogen) atoms. The fourth-order valence-corrected chi connectivity index (χ4v) is 2.55. The fraction of sp³-hybridized carbons (Fsp3) is 0.200. The van der Waals surface area contributed by atoms with E-state index in [4.69, 9.17) is 0 Å². The first-order chi connectivity index (χ1) is 13.4. The molecule has 0 heterocycles. The molecule has 8 nitrogen and oxygen atoms in total. The minimum atomic E-state index is -1.32. The molecular formula is C20H20N2O6. The predicted octanol–water partition coefficient (Wildman–Crippen LogP) is 0.611. The standard InChI is InChI=1S/C20H20N2O6/c23-17(21-15(19(25)26)11-13-7-3-1-4-8-13)18(24)22-16(20(27)28)12-14-9-5-2-6-10-14/h1-10,15-16H,11-12H2,(H,21,23)(H,22,24)(H,25,26)(H,27,28)/t15-,16-/m1/s1. The third kappa shape index (κ3) is 6.24. The minimum absolute atomic E-state index is 0.0123. The van der Waals surface area contributed by atoms with Crippen molar-refractivity contribution < 1.29 is 29.4 Å². The molecule has 4 N–H and O–H groups in total. The van der Waals surface area contributed by atoms with Crippen molar-refractivity contribution >= 4 is 23.8 Å². The van der Waals surface area contributed by atoms with Gasteiger partial charge in [-0.3, -0.25) is 9.59 Å². The molecular weight excluding hydrogens is 364 g/mol. The van der Waals surface area contributed by atoms with E-state index in [0.29, 0.717) is 11.1 Å². The second kappa shape index (κ2) is 9.86. The second-order valence-corrected chi connectivity index (χ2v) is 6.11. The first-order valence-electron chi connectivity index (χ1n) is 8.51. The number of aliphatic carboxylic acids is 2. The lowest BCUT2D eigenvalue weighted by molar-refractivity contribution is -0.147. The average molecular weight is 384 g/mol. The van der Waals surface area contributed by atoms with Crippen molar-refractivity contribution in [2.45, 2.75) is 24.9 Å². The molecule has 0 bridgehead atoms. The molecule has 0 aliphatic carbocycles. The Morgan fingerprint density at radius 2 is 0.964 bits per heavy atom. The monoisotopic (exact) mass is 384 g/mol. The van der Waals surface area contributed by atoms with Crippen molar-refractivity contribution in [3.8, 4) is 0 Å². The van der Waals surface area contributed by atoms with Gasteiger partial charge < -0.3 is 20.8 Å². The van der Waals surface area contributed by atoms with Crippen LogP contribution in [0.5, 0.6) is 0 Å². The van der Waals surface area contributed by atoms with Crippen molar-refractivity contribution in [2.75, 3.05) is 0 Å². The summed E-state index contributed by atoms with van der Waals surface area (Å²) in [5, 5.41) is 22.8. The van der Waals surface area contributed by atoms with Crippen LogP contribution in [-0.4, -0.2) is 46.0 Å². The molecule has 0 radical (unpaired) electrons. The quantitative estimate of drug-likeness (QED) is 0.493. The smallest absolute Gasteiger partial charge is 0.326 e. The van der Waals surface area contributed by atoms with Gasteiger partial charge in [0.15, 0.2) is 0 Å². The van der Waals surface area contributed by atoms with E-state index in [2.05, 4.69) is 10.6 Å². The van der Waals surface area contributed by atoms with Gasteiger partial charge in [0.2, 0.25) is 0 Å². The third-order valence-corrected chi connectivity index (χ3v) is 3.98. The molecule has 0 fully saturated rings. The van der Waals surface area contributed by atoms with Gasteiger partial charge in [0.1, 0.15) is 12.1 Å². The Balaban J connectivity index is 1.99. The Labute approximate surface area is 161 Å². The van der Waals surface area contributed by atoms with Crippen LogP contribution in [0.15, 0.2) is 60.7 Å². The normalized spacial score (nSPS) is 12.4. The van der Waals surface area contributed by atoms with Gasteiger partial charge in [0.05, 0.1) is 0 Å². The van der Waals surface area contributed by atoms with E-state index in [9.17, 15) is 29.4 Å². The van der Waals surface area contributed by atoms with Crippen LogP contribution >= 0.6 is 0 Å². The number of carbonyl (C=O) groups is 4. The van der Waals surface area contributed by atoms with E-state index in [-0.39, 0.29) is 12.8 Å². The van der Waals surface area contributed by atoms with Crippen molar-refractivity contribution in [3.63, 3.8) is 0 Å². The van der Waals surface area contributed by atoms with E-state index >= 15 is 0 Å². The zero-order chi connectivity index (χ0) is 20.5. The highest BCUT2D eigenvalue weighted by Gasteiger charge is 2.27. The second-order valence-electron chi connectivity index (χ2n) is 6.11. The molecule has 0 aliphatic rings. The van der Waals surface area contributed by atoms with E-state index in [1.165, 1.54) is 0 Å². The number of amides is 2. The highest BCUT2D eigenvalue weighted by atomic mass is 16.4. The number of benzene rings is 2. The molecule has 8 heteroatoms. The number of nitrogens with one attached hydrogen (secondary N) is 2. The van der Waals surface area contributed by atoms with Crippen LogP contribution in [0, 0.1) is 0 Å². The van der Waals surface area contributed by atoms with Gasteiger partial charge in [-0.1, -0.05) is 60.7 Å². The summed E-state index contributed by atoms with van der Waals surface area (Å²) in [6.45, 7) is 0. The van der Waals surface area contributed by atoms with Gasteiger partial charge in [-0.05, 0) is 11.1 Å². The summed E-state index contributed by atoms with van der Waals surface area (Å²) in [6.07, 6.45) is -0.0247. The molecule has 146 valence electrons. The van der Waals surface area contributed by atoms with Gasteiger partial charge in [0, 0.05) is 12.8 Å². The van der Waals surface area contributed by atoms with E-state index in [0.717, 1.165) is 0 Å². The van der Waals surface area contributed by atoms with E-state index in [1.807, 2.05) is 0 Å². The first-order valence-corrected chi connectivity index (χ1v) is 8.51. The molecule has 0 saturated heterocycles. The maximum absolute atomic E-state index is 12.1. The number of carbonyl (C=O) groups excluding carboxylic acids is 2. The van der Waals surface area contributed by atoms with Crippen molar-refractivity contribution in [1.29, 1.82) is 0 Å². The van der Waals surface area contributed by atoms with Crippen LogP contribution in [0.3, 0.4) is 0 Å². The molecule has 2 amide bonds. The predicted molar refractivity (Wildman–Crippen MR) is 99.4 cm³/mol. The summed E-state index contributed by atoms with van der Waals surface area (Å²) >= 11 is 0. The van der Waals surface area contributed by atoms with Crippen LogP contribution in [0.1, 0.15) is 11.1 Å². The number of hydrogen-bond acceptors (Lipinski definition) is 4. The SMILES string of the molecule is O=C(N[C@H](Cc1ccccc1)C(=O)O)C(=O)N[C@H](Cc1ccccc1)C(=O)O. The summed E-state index contributed by atoms with van der Waals surface area (Å²) in [6, 6.07) is 14.6. The molecule has 0 spiro atoms. The molecule has 0 aliphatic heterocycles. The fourth-order valence-electron chi connectivity index (χ4n) is 2.55. The topological polar surface area (TPSA) is 133 Å². The Bertz CT molecular complexity index is 767. The Hall–Kier alpha value is -3.68. The summed E-state index contributed by atoms with van der Waals surface area (Å²) in [7, 11) is 0. The molecule has 0 saturated carbocycles. The molecule has 2 aromatic carbocycles. The summed E-state index contributed by atoms with van der Waals surface area (Å²) in [4.78, 5) is 46.9. The summed E-state index contributed by atoms with van der Waals surface area (Å²) in [5.74, 6) is -5.02. The molecule has 0 unspecified atom stereocenters. The lowest BCUT2D eigenvalue weighted by Crippen LogP contribution is -2.52. The van der Waals surface area contributed by atoms with Gasteiger partial charge in [0.25, 0.3) is 0 Å². The maximum Gasteiger partial charge on any atom is 0.326 e. The van der Waals surface area contributed by atoms with Crippen molar-refractivity contribution in [3.05, 3.63) is 71.8 Å². The van der Waals surface area contributed by atoms with Crippen molar-refractivity contribution in [2.24, 2.45) is 0 Å². The van der Waals surface area contributed by atoms with Gasteiger partial charge in [-0.2, -0.15) is 0 Å². The lowest BCUT2D eigenvalue weighted by Gasteiger charge is -2.17. The van der Waals surface area contributed by atoms with E-state index in [1.54, 1.807) is 60.7 Å². The van der Waals surface area contributed by atoms with Crippen LogP contribution in [0.25, 0.3) is 0 Å². The minimum Gasteiger partial charge on any atom is -0.480 e. The number of carboxylic acid groups (broad SMARTS) is 2. The van der Waals surface area contributed by atoms with Crippen LogP contribution in [-0.2, 0) is 32.0 Å². The molecule has 2 atom stereocenters. The molecule has 2 rings (SSSR count). The molecule has 2 aromatic rings. The largest absolute Gasteiger partial charge is 0.480 e. The van der Waals surface area contributed by atoms with Gasteiger partial charge in [-0.15, -0.1) is 0 Å². The van der Waals surface area contributed by atoms with Gasteiger partial charge >= 0.3 is 23.8 Å².